The third kappa shape index (κ3) is 6.09. The van der Waals surface area contributed by atoms with Gasteiger partial charge in [-0.1, -0.05) is 38.1 Å². The fraction of sp³-hybridized carbons (Fsp3) is 0.381. The number of carbonyl (C=O) groups is 2. The fourth-order valence-corrected chi connectivity index (χ4v) is 2.72. The Kier molecular flexibility index (Phi) is 7.34. The minimum Gasteiger partial charge on any atom is -0.481 e. The molecule has 0 bridgehead atoms. The Bertz CT molecular complexity index is 772. The first-order valence-electron chi connectivity index (χ1n) is 9.03. The molecule has 0 spiro atoms. The van der Waals surface area contributed by atoms with Crippen LogP contribution in [0.3, 0.4) is 0 Å². The highest BCUT2D eigenvalue weighted by atomic mass is 16.5. The van der Waals surface area contributed by atoms with E-state index in [1.807, 2.05) is 45.0 Å². The van der Waals surface area contributed by atoms with Gasteiger partial charge in [-0.2, -0.15) is 0 Å². The molecule has 2 aromatic rings. The van der Waals surface area contributed by atoms with Crippen molar-refractivity contribution in [2.75, 3.05) is 7.11 Å². The molecule has 1 atom stereocenters. The number of carbonyl (C=O) groups excluding carboxylic acids is 2. The van der Waals surface area contributed by atoms with E-state index in [0.29, 0.717) is 24.4 Å². The molecule has 27 heavy (non-hydrogen) atoms. The van der Waals surface area contributed by atoms with Crippen LogP contribution in [0, 0.1) is 12.8 Å². The molecule has 2 N–H and O–H groups in total. The Balaban J connectivity index is 2.02. The minimum atomic E-state index is -0.594. The van der Waals surface area contributed by atoms with Crippen molar-refractivity contribution in [3.8, 4) is 5.88 Å². The molecule has 1 aromatic carbocycles. The number of benzene rings is 1. The monoisotopic (exact) mass is 369 g/mol. The van der Waals surface area contributed by atoms with Crippen LogP contribution in [-0.2, 0) is 11.3 Å². The first-order chi connectivity index (χ1) is 12.9. The molecular weight excluding hydrogens is 342 g/mol. The summed E-state index contributed by atoms with van der Waals surface area (Å²) in [7, 11) is 1.55. The van der Waals surface area contributed by atoms with Crippen molar-refractivity contribution < 1.29 is 14.3 Å². The Morgan fingerprint density at radius 3 is 2.48 bits per heavy atom. The van der Waals surface area contributed by atoms with Crippen LogP contribution in [0.5, 0.6) is 5.88 Å². The van der Waals surface area contributed by atoms with E-state index in [4.69, 9.17) is 4.74 Å². The van der Waals surface area contributed by atoms with Crippen LogP contribution in [-0.4, -0.2) is 29.9 Å². The standard InChI is InChI=1S/C21H27N3O3/c1-14(2)11-18(24-20(25)17-8-6-5-7-15(17)3)21(26)23-13-16-9-10-19(27-4)22-12-16/h5-10,12,14,18H,11,13H2,1-4H3,(H,23,26)(H,24,25). The highest BCUT2D eigenvalue weighted by Crippen LogP contribution is 2.11. The van der Waals surface area contributed by atoms with Crippen LogP contribution in [0.15, 0.2) is 42.6 Å². The summed E-state index contributed by atoms with van der Waals surface area (Å²) in [6.07, 6.45) is 2.22. The van der Waals surface area contributed by atoms with Gasteiger partial charge in [0, 0.05) is 24.4 Å². The van der Waals surface area contributed by atoms with Crippen molar-refractivity contribution in [3.63, 3.8) is 0 Å². The number of aromatic nitrogens is 1. The zero-order valence-corrected chi connectivity index (χ0v) is 16.3. The quantitative estimate of drug-likeness (QED) is 0.750. The maximum Gasteiger partial charge on any atom is 0.252 e. The molecule has 0 fully saturated rings. The van der Waals surface area contributed by atoms with Gasteiger partial charge in [-0.25, -0.2) is 4.98 Å². The molecule has 1 aromatic heterocycles. The summed E-state index contributed by atoms with van der Waals surface area (Å²) in [5.74, 6) is 0.343. The molecule has 0 radical (unpaired) electrons. The Morgan fingerprint density at radius 2 is 1.89 bits per heavy atom. The van der Waals surface area contributed by atoms with Gasteiger partial charge in [0.2, 0.25) is 11.8 Å². The summed E-state index contributed by atoms with van der Waals surface area (Å²) in [5.41, 5.74) is 2.32. The fourth-order valence-electron chi connectivity index (χ4n) is 2.72. The van der Waals surface area contributed by atoms with Gasteiger partial charge in [-0.3, -0.25) is 9.59 Å². The van der Waals surface area contributed by atoms with E-state index in [1.165, 1.54) is 0 Å². The SMILES string of the molecule is COc1ccc(CNC(=O)C(CC(C)C)NC(=O)c2ccccc2C)cn1. The van der Waals surface area contributed by atoms with Gasteiger partial charge in [0.15, 0.2) is 0 Å². The molecule has 144 valence electrons. The molecule has 0 aliphatic heterocycles. The summed E-state index contributed by atoms with van der Waals surface area (Å²) < 4.78 is 5.03. The molecular formula is C21H27N3O3. The normalized spacial score (nSPS) is 11.7. The summed E-state index contributed by atoms with van der Waals surface area (Å²) in [6, 6.07) is 10.3. The topological polar surface area (TPSA) is 80.3 Å². The molecule has 6 nitrogen and oxygen atoms in total. The van der Waals surface area contributed by atoms with Crippen LogP contribution in [0.1, 0.15) is 41.8 Å². The Labute approximate surface area is 160 Å². The van der Waals surface area contributed by atoms with Gasteiger partial charge >= 0.3 is 0 Å². The number of nitrogens with zero attached hydrogens (tertiary/aromatic N) is 1. The molecule has 0 aliphatic carbocycles. The molecule has 1 unspecified atom stereocenters. The van der Waals surface area contributed by atoms with Gasteiger partial charge in [-0.15, -0.1) is 0 Å². The highest BCUT2D eigenvalue weighted by Gasteiger charge is 2.23. The van der Waals surface area contributed by atoms with Crippen LogP contribution in [0.25, 0.3) is 0 Å². The van der Waals surface area contributed by atoms with E-state index < -0.39 is 6.04 Å². The Hall–Kier alpha value is -2.89. The van der Waals surface area contributed by atoms with Crippen molar-refractivity contribution in [1.29, 1.82) is 0 Å². The molecule has 1 heterocycles. The Morgan fingerprint density at radius 1 is 1.15 bits per heavy atom. The molecule has 0 saturated heterocycles. The second-order valence-corrected chi connectivity index (χ2v) is 6.90. The van der Waals surface area contributed by atoms with E-state index in [2.05, 4.69) is 15.6 Å². The summed E-state index contributed by atoms with van der Waals surface area (Å²) in [4.78, 5) is 29.4. The number of nitrogens with one attached hydrogen (secondary N) is 2. The van der Waals surface area contributed by atoms with Crippen molar-refractivity contribution in [1.82, 2.24) is 15.6 Å². The smallest absolute Gasteiger partial charge is 0.252 e. The summed E-state index contributed by atoms with van der Waals surface area (Å²) >= 11 is 0. The van der Waals surface area contributed by atoms with E-state index in [0.717, 1.165) is 11.1 Å². The second kappa shape index (κ2) is 9.71. The third-order valence-electron chi connectivity index (χ3n) is 4.19. The lowest BCUT2D eigenvalue weighted by Crippen LogP contribution is -2.47. The number of ether oxygens (including phenoxy) is 1. The molecule has 2 amide bonds. The van der Waals surface area contributed by atoms with Crippen molar-refractivity contribution in [3.05, 3.63) is 59.3 Å². The van der Waals surface area contributed by atoms with Crippen LogP contribution in [0.4, 0.5) is 0 Å². The first-order valence-corrected chi connectivity index (χ1v) is 9.03. The average molecular weight is 369 g/mol. The third-order valence-corrected chi connectivity index (χ3v) is 4.19. The number of hydrogen-bond donors (Lipinski definition) is 2. The predicted octanol–water partition coefficient (Wildman–Crippen LogP) is 2.86. The van der Waals surface area contributed by atoms with Gasteiger partial charge in [0.05, 0.1) is 7.11 Å². The molecule has 2 rings (SSSR count). The lowest BCUT2D eigenvalue weighted by molar-refractivity contribution is -0.123. The van der Waals surface area contributed by atoms with Crippen LogP contribution in [0.2, 0.25) is 0 Å². The van der Waals surface area contributed by atoms with E-state index >= 15 is 0 Å². The lowest BCUT2D eigenvalue weighted by Gasteiger charge is -2.20. The minimum absolute atomic E-state index is 0.207. The number of rotatable bonds is 8. The van der Waals surface area contributed by atoms with Gasteiger partial charge < -0.3 is 15.4 Å². The molecule has 0 aliphatic rings. The van der Waals surface area contributed by atoms with Crippen molar-refractivity contribution in [2.45, 2.75) is 39.8 Å². The number of aryl methyl sites for hydroxylation is 1. The zero-order chi connectivity index (χ0) is 19.8. The second-order valence-electron chi connectivity index (χ2n) is 6.90. The van der Waals surface area contributed by atoms with Crippen molar-refractivity contribution >= 4 is 11.8 Å². The van der Waals surface area contributed by atoms with E-state index in [9.17, 15) is 9.59 Å². The number of hydrogen-bond acceptors (Lipinski definition) is 4. The maximum absolute atomic E-state index is 12.7. The summed E-state index contributed by atoms with van der Waals surface area (Å²) in [5, 5.41) is 5.75. The molecule has 6 heteroatoms. The summed E-state index contributed by atoms with van der Waals surface area (Å²) in [6.45, 7) is 6.26. The zero-order valence-electron chi connectivity index (χ0n) is 16.3. The van der Waals surface area contributed by atoms with Gasteiger partial charge in [0.25, 0.3) is 5.91 Å². The van der Waals surface area contributed by atoms with Gasteiger partial charge in [0.1, 0.15) is 6.04 Å². The predicted molar refractivity (Wildman–Crippen MR) is 105 cm³/mol. The lowest BCUT2D eigenvalue weighted by atomic mass is 10.0. The number of amides is 2. The number of pyridine rings is 1. The van der Waals surface area contributed by atoms with Gasteiger partial charge in [-0.05, 0) is 36.5 Å². The highest BCUT2D eigenvalue weighted by molar-refractivity contribution is 5.98. The van der Waals surface area contributed by atoms with Crippen molar-refractivity contribution in [2.24, 2.45) is 5.92 Å². The first kappa shape index (κ1) is 20.4. The maximum atomic E-state index is 12.7. The van der Waals surface area contributed by atoms with E-state index in [-0.39, 0.29) is 17.7 Å². The molecule has 0 saturated carbocycles. The van der Waals surface area contributed by atoms with E-state index in [1.54, 1.807) is 25.4 Å². The number of methoxy groups -OCH3 is 1. The van der Waals surface area contributed by atoms with Crippen LogP contribution >= 0.6 is 0 Å². The van der Waals surface area contributed by atoms with Crippen LogP contribution < -0.4 is 15.4 Å². The largest absolute Gasteiger partial charge is 0.481 e. The average Bonchev–Trinajstić information content (AvgIpc) is 2.65.